The van der Waals surface area contributed by atoms with Gasteiger partial charge in [0.25, 0.3) is 5.91 Å². The molecule has 1 heterocycles. The Morgan fingerprint density at radius 3 is 2.65 bits per heavy atom. The fourth-order valence-corrected chi connectivity index (χ4v) is 2.59. The number of nitrogens with one attached hydrogen (secondary N) is 1. The van der Waals surface area contributed by atoms with E-state index in [9.17, 15) is 4.79 Å². The molecule has 3 aromatic rings. The largest absolute Gasteiger partial charge is 0.493 e. The Morgan fingerprint density at radius 2 is 1.92 bits per heavy atom. The van der Waals surface area contributed by atoms with Crippen LogP contribution in [0.5, 0.6) is 11.5 Å². The van der Waals surface area contributed by atoms with Gasteiger partial charge in [0.1, 0.15) is 6.33 Å². The Bertz CT molecular complexity index is 880. The van der Waals surface area contributed by atoms with Gasteiger partial charge in [0, 0.05) is 6.54 Å². The minimum atomic E-state index is -0.184. The number of nitrogens with zero attached hydrogens (tertiary/aromatic N) is 4. The molecule has 0 unspecified atom stereocenters. The number of hydrogen-bond donors (Lipinski definition) is 1. The van der Waals surface area contributed by atoms with Crippen LogP contribution in [0.25, 0.3) is 5.69 Å². The molecule has 2 aromatic carbocycles. The Labute approximate surface area is 150 Å². The number of rotatable bonds is 7. The Balaban J connectivity index is 1.65. The van der Waals surface area contributed by atoms with Crippen molar-refractivity contribution in [2.24, 2.45) is 0 Å². The zero-order valence-corrected chi connectivity index (χ0v) is 14.5. The summed E-state index contributed by atoms with van der Waals surface area (Å²) in [5, 5.41) is 14.0. The second-order valence-electron chi connectivity index (χ2n) is 5.47. The van der Waals surface area contributed by atoms with E-state index in [1.165, 1.54) is 11.0 Å². The molecule has 0 saturated carbocycles. The van der Waals surface area contributed by atoms with Crippen molar-refractivity contribution in [2.45, 2.75) is 6.42 Å². The predicted molar refractivity (Wildman–Crippen MR) is 94.7 cm³/mol. The fraction of sp³-hybridized carbons (Fsp3) is 0.222. The maximum atomic E-state index is 12.5. The van der Waals surface area contributed by atoms with Crippen LogP contribution in [0.4, 0.5) is 0 Å². The first kappa shape index (κ1) is 17.4. The molecule has 1 amide bonds. The molecule has 3 rings (SSSR count). The fourth-order valence-electron chi connectivity index (χ4n) is 2.59. The molecule has 0 aliphatic carbocycles. The summed E-state index contributed by atoms with van der Waals surface area (Å²) in [7, 11) is 3.19. The molecule has 0 bridgehead atoms. The number of benzene rings is 2. The van der Waals surface area contributed by atoms with Crippen molar-refractivity contribution in [3.8, 4) is 17.2 Å². The van der Waals surface area contributed by atoms with E-state index in [1.54, 1.807) is 32.4 Å². The lowest BCUT2D eigenvalue weighted by molar-refractivity contribution is 0.0954. The quantitative estimate of drug-likeness (QED) is 0.694. The van der Waals surface area contributed by atoms with Crippen molar-refractivity contribution in [3.63, 3.8) is 0 Å². The molecular formula is C18H19N5O3. The number of carbonyl (C=O) groups is 1. The van der Waals surface area contributed by atoms with E-state index >= 15 is 0 Å². The smallest absolute Gasteiger partial charge is 0.253 e. The van der Waals surface area contributed by atoms with Crippen LogP contribution in [-0.4, -0.2) is 46.9 Å². The average Bonchev–Trinajstić information content (AvgIpc) is 3.22. The van der Waals surface area contributed by atoms with Crippen LogP contribution >= 0.6 is 0 Å². The van der Waals surface area contributed by atoms with Crippen molar-refractivity contribution in [3.05, 3.63) is 59.9 Å². The first-order chi connectivity index (χ1) is 12.7. The van der Waals surface area contributed by atoms with Crippen LogP contribution in [0.2, 0.25) is 0 Å². The van der Waals surface area contributed by atoms with Crippen molar-refractivity contribution < 1.29 is 14.3 Å². The number of hydrogen-bond acceptors (Lipinski definition) is 6. The average molecular weight is 353 g/mol. The van der Waals surface area contributed by atoms with Gasteiger partial charge in [-0.05, 0) is 46.7 Å². The lowest BCUT2D eigenvalue weighted by atomic mass is 10.1. The molecule has 0 spiro atoms. The summed E-state index contributed by atoms with van der Waals surface area (Å²) in [6.45, 7) is 0.484. The minimum absolute atomic E-state index is 0.184. The summed E-state index contributed by atoms with van der Waals surface area (Å²) in [5.74, 6) is 1.16. The molecule has 0 radical (unpaired) electrons. The lowest BCUT2D eigenvalue weighted by Gasteiger charge is -2.11. The van der Waals surface area contributed by atoms with Crippen molar-refractivity contribution in [1.82, 2.24) is 25.5 Å². The third-order valence-corrected chi connectivity index (χ3v) is 3.89. The van der Waals surface area contributed by atoms with Gasteiger partial charge >= 0.3 is 0 Å². The van der Waals surface area contributed by atoms with Crippen LogP contribution < -0.4 is 14.8 Å². The molecular weight excluding hydrogens is 334 g/mol. The number of ether oxygens (including phenoxy) is 2. The van der Waals surface area contributed by atoms with Gasteiger partial charge in [-0.1, -0.05) is 18.2 Å². The Hall–Kier alpha value is -3.42. The number of aromatic nitrogens is 4. The number of amides is 1. The molecule has 0 aliphatic rings. The molecule has 1 aromatic heterocycles. The van der Waals surface area contributed by atoms with Gasteiger partial charge in [0.05, 0.1) is 25.5 Å². The zero-order valence-electron chi connectivity index (χ0n) is 14.5. The third-order valence-electron chi connectivity index (χ3n) is 3.89. The molecule has 26 heavy (non-hydrogen) atoms. The summed E-state index contributed by atoms with van der Waals surface area (Å²) >= 11 is 0. The number of tetrazole rings is 1. The lowest BCUT2D eigenvalue weighted by Crippen LogP contribution is -2.27. The first-order valence-corrected chi connectivity index (χ1v) is 8.04. The van der Waals surface area contributed by atoms with Crippen LogP contribution in [-0.2, 0) is 6.42 Å². The number of carbonyl (C=O) groups excluding carboxylic acids is 1. The van der Waals surface area contributed by atoms with E-state index in [0.717, 1.165) is 5.56 Å². The predicted octanol–water partition coefficient (Wildman–Crippen LogP) is 1.65. The summed E-state index contributed by atoms with van der Waals surface area (Å²) in [4.78, 5) is 12.5. The van der Waals surface area contributed by atoms with Gasteiger partial charge in [-0.3, -0.25) is 4.79 Å². The van der Waals surface area contributed by atoms with E-state index in [2.05, 4.69) is 20.8 Å². The molecule has 8 heteroatoms. The summed E-state index contributed by atoms with van der Waals surface area (Å²) in [6, 6.07) is 12.9. The molecule has 0 atom stereocenters. The highest BCUT2D eigenvalue weighted by molar-refractivity contribution is 5.97. The first-order valence-electron chi connectivity index (χ1n) is 8.04. The molecule has 134 valence electrons. The standard InChI is InChI=1S/C18H19N5O3/c1-25-16-8-7-13(11-17(16)26-2)9-10-19-18(24)14-5-3-4-6-15(14)23-12-20-21-22-23/h3-8,11-12H,9-10H2,1-2H3,(H,19,24). The van der Waals surface area contributed by atoms with Crippen molar-refractivity contribution >= 4 is 5.91 Å². The zero-order chi connectivity index (χ0) is 18.4. The van der Waals surface area contributed by atoms with E-state index in [-0.39, 0.29) is 5.91 Å². The molecule has 0 aliphatic heterocycles. The second kappa shape index (κ2) is 8.11. The van der Waals surface area contributed by atoms with Crippen LogP contribution in [0.15, 0.2) is 48.8 Å². The van der Waals surface area contributed by atoms with Gasteiger partial charge in [-0.2, -0.15) is 4.68 Å². The van der Waals surface area contributed by atoms with E-state index in [0.29, 0.717) is 35.7 Å². The van der Waals surface area contributed by atoms with Crippen molar-refractivity contribution in [2.75, 3.05) is 20.8 Å². The van der Waals surface area contributed by atoms with E-state index in [1.807, 2.05) is 24.3 Å². The summed E-state index contributed by atoms with van der Waals surface area (Å²) in [5.41, 5.74) is 2.17. The molecule has 0 saturated heterocycles. The normalized spacial score (nSPS) is 10.4. The maximum Gasteiger partial charge on any atom is 0.253 e. The van der Waals surface area contributed by atoms with Crippen molar-refractivity contribution in [1.29, 1.82) is 0 Å². The molecule has 0 fully saturated rings. The van der Waals surface area contributed by atoms with E-state index < -0.39 is 0 Å². The summed E-state index contributed by atoms with van der Waals surface area (Å²) in [6.07, 6.45) is 2.12. The number of methoxy groups -OCH3 is 2. The Kier molecular flexibility index (Phi) is 5.43. The monoisotopic (exact) mass is 353 g/mol. The van der Waals surface area contributed by atoms with Gasteiger partial charge in [0.2, 0.25) is 0 Å². The molecule has 1 N–H and O–H groups in total. The van der Waals surface area contributed by atoms with Gasteiger partial charge in [0.15, 0.2) is 11.5 Å². The maximum absolute atomic E-state index is 12.5. The second-order valence-corrected chi connectivity index (χ2v) is 5.47. The van der Waals surface area contributed by atoms with Crippen LogP contribution in [0, 0.1) is 0 Å². The SMILES string of the molecule is COc1ccc(CCNC(=O)c2ccccc2-n2cnnn2)cc1OC. The minimum Gasteiger partial charge on any atom is -0.493 e. The van der Waals surface area contributed by atoms with Crippen LogP contribution in [0.3, 0.4) is 0 Å². The highest BCUT2D eigenvalue weighted by atomic mass is 16.5. The van der Waals surface area contributed by atoms with Gasteiger partial charge < -0.3 is 14.8 Å². The number of para-hydroxylation sites is 1. The Morgan fingerprint density at radius 1 is 1.12 bits per heavy atom. The topological polar surface area (TPSA) is 91.2 Å². The van der Waals surface area contributed by atoms with Gasteiger partial charge in [-0.15, -0.1) is 5.10 Å². The molecule has 8 nitrogen and oxygen atoms in total. The third kappa shape index (κ3) is 3.80. The summed E-state index contributed by atoms with van der Waals surface area (Å²) < 4.78 is 12.0. The van der Waals surface area contributed by atoms with Gasteiger partial charge in [-0.25, -0.2) is 0 Å². The highest BCUT2D eigenvalue weighted by Crippen LogP contribution is 2.27. The van der Waals surface area contributed by atoms with E-state index in [4.69, 9.17) is 9.47 Å². The van der Waals surface area contributed by atoms with Crippen LogP contribution in [0.1, 0.15) is 15.9 Å². The highest BCUT2D eigenvalue weighted by Gasteiger charge is 2.13.